The van der Waals surface area contributed by atoms with Crippen LogP contribution in [0.2, 0.25) is 0 Å². The second-order valence-electron chi connectivity index (χ2n) is 2.43. The van der Waals surface area contributed by atoms with E-state index < -0.39 is 17.0 Å². The molecule has 0 radical (unpaired) electrons. The van der Waals surface area contributed by atoms with Crippen LogP contribution in [0.25, 0.3) is 0 Å². The zero-order valence-corrected chi connectivity index (χ0v) is 8.30. The molecule has 7 nitrogen and oxygen atoms in total. The Hall–Kier alpha value is -0.0900. The molecule has 0 fully saturated rings. The van der Waals surface area contributed by atoms with Gasteiger partial charge in [-0.1, -0.05) is 0 Å². The Bertz CT molecular complexity index is 100. The molecular formula is C4H18N2O5S. The Morgan fingerprint density at radius 1 is 1.17 bits per heavy atom. The van der Waals surface area contributed by atoms with Gasteiger partial charge in [-0.05, 0) is 20.8 Å². The highest BCUT2D eigenvalue weighted by molar-refractivity contribution is 7.73. The van der Waals surface area contributed by atoms with Crippen LogP contribution in [0, 0.1) is 0 Å². The average Bonchev–Trinajstić information content (AvgIpc) is 1.63. The molecule has 0 atom stereocenters. The standard InChI is InChI=1S/C4H10O2.2H3N.H2O3S/c1-4(2,3)6-5;;;1-4(2)3/h5H,1-3H3;2*1H3;(H2,1,2,3). The van der Waals surface area contributed by atoms with Crippen LogP contribution in [0.1, 0.15) is 20.8 Å². The van der Waals surface area contributed by atoms with E-state index in [1.54, 1.807) is 20.8 Å². The maximum Gasteiger partial charge on any atom is 0.299 e. The van der Waals surface area contributed by atoms with Gasteiger partial charge in [0.2, 0.25) is 0 Å². The van der Waals surface area contributed by atoms with E-state index in [2.05, 4.69) is 4.89 Å². The zero-order chi connectivity index (χ0) is 8.78. The van der Waals surface area contributed by atoms with Crippen LogP contribution in [0.5, 0.6) is 0 Å². The third-order valence-electron chi connectivity index (χ3n) is 0.274. The Labute approximate surface area is 74.3 Å². The van der Waals surface area contributed by atoms with E-state index >= 15 is 0 Å². The normalized spacial score (nSPS) is 8.92. The minimum atomic E-state index is -2.61. The number of rotatable bonds is 0. The Balaban J connectivity index is -0.0000000483. The van der Waals surface area contributed by atoms with Crippen LogP contribution in [0.3, 0.4) is 0 Å². The van der Waals surface area contributed by atoms with Crippen LogP contribution < -0.4 is 12.3 Å². The molecule has 0 aromatic carbocycles. The van der Waals surface area contributed by atoms with Crippen LogP contribution in [0.4, 0.5) is 0 Å². The molecule has 0 saturated heterocycles. The van der Waals surface area contributed by atoms with Crippen molar-refractivity contribution in [2.45, 2.75) is 26.4 Å². The van der Waals surface area contributed by atoms with E-state index in [0.29, 0.717) is 0 Å². The molecule has 9 N–H and O–H groups in total. The molecule has 0 aromatic heterocycles. The first-order chi connectivity index (χ1) is 4.29. The maximum atomic E-state index is 8.67. The Morgan fingerprint density at radius 2 is 1.25 bits per heavy atom. The van der Waals surface area contributed by atoms with E-state index in [9.17, 15) is 0 Å². The second kappa shape index (κ2) is 10.9. The second-order valence-corrected chi connectivity index (χ2v) is 2.90. The lowest BCUT2D eigenvalue weighted by molar-refractivity contribution is -0.306. The topological polar surface area (TPSA) is 157 Å². The minimum Gasteiger partial charge on any atom is -0.344 e. The fourth-order valence-corrected chi connectivity index (χ4v) is 0. The summed E-state index contributed by atoms with van der Waals surface area (Å²) in [5, 5.41) is 7.90. The van der Waals surface area contributed by atoms with Gasteiger partial charge < -0.3 is 12.3 Å². The number of hydrogen-bond donors (Lipinski definition) is 5. The minimum absolute atomic E-state index is 0. The molecule has 0 aliphatic carbocycles. The molecule has 0 saturated carbocycles. The fraction of sp³-hybridized carbons (Fsp3) is 1.00. The molecule has 0 aliphatic heterocycles. The predicted molar refractivity (Wildman–Crippen MR) is 46.9 cm³/mol. The predicted octanol–water partition coefficient (Wildman–Crippen LogP) is 1.28. The van der Waals surface area contributed by atoms with Crippen LogP contribution in [0.15, 0.2) is 0 Å². The van der Waals surface area contributed by atoms with E-state index in [0.717, 1.165) is 0 Å². The van der Waals surface area contributed by atoms with Gasteiger partial charge in [-0.15, -0.1) is 0 Å². The highest BCUT2D eigenvalue weighted by atomic mass is 32.2. The Kier molecular flexibility index (Phi) is 20.6. The molecule has 0 rings (SSSR count). The summed E-state index contributed by atoms with van der Waals surface area (Å²) < 4.78 is 22.8. The maximum absolute atomic E-state index is 8.67. The molecule has 8 heteroatoms. The molecule has 0 bridgehead atoms. The molecule has 0 amide bonds. The summed E-state index contributed by atoms with van der Waals surface area (Å²) in [5.74, 6) is 0. The third kappa shape index (κ3) is 92.9. The van der Waals surface area contributed by atoms with Crippen molar-refractivity contribution in [3.63, 3.8) is 0 Å². The monoisotopic (exact) mass is 206 g/mol. The smallest absolute Gasteiger partial charge is 0.299 e. The van der Waals surface area contributed by atoms with Crippen molar-refractivity contribution in [1.82, 2.24) is 12.3 Å². The highest BCUT2D eigenvalue weighted by Crippen LogP contribution is 2.01. The van der Waals surface area contributed by atoms with Gasteiger partial charge in [0.25, 0.3) is 11.4 Å². The Morgan fingerprint density at radius 3 is 1.25 bits per heavy atom. The first-order valence-electron chi connectivity index (χ1n) is 2.42. The van der Waals surface area contributed by atoms with E-state index in [4.69, 9.17) is 18.6 Å². The lowest BCUT2D eigenvalue weighted by Crippen LogP contribution is -2.15. The summed E-state index contributed by atoms with van der Waals surface area (Å²) in [6.07, 6.45) is 0. The molecule has 0 unspecified atom stereocenters. The molecule has 12 heavy (non-hydrogen) atoms. The zero-order valence-electron chi connectivity index (χ0n) is 7.48. The van der Waals surface area contributed by atoms with Crippen molar-refractivity contribution in [2.75, 3.05) is 0 Å². The van der Waals surface area contributed by atoms with E-state index in [1.165, 1.54) is 0 Å². The first kappa shape index (κ1) is 22.7. The van der Waals surface area contributed by atoms with Crippen LogP contribution in [-0.2, 0) is 16.2 Å². The summed E-state index contributed by atoms with van der Waals surface area (Å²) in [4.78, 5) is 3.94. The molecule has 0 heterocycles. The van der Waals surface area contributed by atoms with Gasteiger partial charge in [0, 0.05) is 0 Å². The van der Waals surface area contributed by atoms with E-state index in [-0.39, 0.29) is 12.3 Å². The van der Waals surface area contributed by atoms with Crippen molar-refractivity contribution in [3.05, 3.63) is 0 Å². The average molecular weight is 206 g/mol. The first-order valence-corrected chi connectivity index (χ1v) is 3.48. The lowest BCUT2D eigenvalue weighted by Gasteiger charge is -2.10. The third-order valence-corrected chi connectivity index (χ3v) is 0.274. The molecule has 0 spiro atoms. The van der Waals surface area contributed by atoms with Crippen molar-refractivity contribution >= 4 is 11.4 Å². The van der Waals surface area contributed by atoms with E-state index in [1.807, 2.05) is 0 Å². The SMILES string of the molecule is CC(C)(C)OO.N.N.O=S(O)O. The number of hydrogen-bond acceptors (Lipinski definition) is 5. The summed E-state index contributed by atoms with van der Waals surface area (Å²) in [6, 6.07) is 0. The van der Waals surface area contributed by atoms with Crippen LogP contribution in [-0.4, -0.2) is 24.2 Å². The highest BCUT2D eigenvalue weighted by Gasteiger charge is 2.06. The molecule has 0 aromatic rings. The largest absolute Gasteiger partial charge is 0.344 e. The van der Waals surface area contributed by atoms with Crippen molar-refractivity contribution in [2.24, 2.45) is 0 Å². The van der Waals surface area contributed by atoms with Crippen molar-refractivity contribution in [1.29, 1.82) is 0 Å². The van der Waals surface area contributed by atoms with Gasteiger partial charge in [0.05, 0.1) is 5.60 Å². The van der Waals surface area contributed by atoms with Gasteiger partial charge >= 0.3 is 0 Å². The lowest BCUT2D eigenvalue weighted by atomic mass is 10.2. The summed E-state index contributed by atoms with van der Waals surface area (Å²) >= 11 is -2.61. The van der Waals surface area contributed by atoms with Gasteiger partial charge in [0.1, 0.15) is 0 Å². The summed E-state index contributed by atoms with van der Waals surface area (Å²) in [5.41, 5.74) is -0.403. The summed E-state index contributed by atoms with van der Waals surface area (Å²) in [6.45, 7) is 5.31. The summed E-state index contributed by atoms with van der Waals surface area (Å²) in [7, 11) is 0. The van der Waals surface area contributed by atoms with Gasteiger partial charge in [-0.2, -0.15) is 4.21 Å². The van der Waals surface area contributed by atoms with Crippen molar-refractivity contribution in [3.8, 4) is 0 Å². The quantitative estimate of drug-likeness (QED) is 0.227. The van der Waals surface area contributed by atoms with Gasteiger partial charge in [0.15, 0.2) is 0 Å². The molecule has 0 aliphatic rings. The molecule has 80 valence electrons. The van der Waals surface area contributed by atoms with Crippen LogP contribution >= 0.6 is 0 Å². The van der Waals surface area contributed by atoms with Gasteiger partial charge in [-0.25, -0.2) is 4.89 Å². The molecular weight excluding hydrogens is 188 g/mol. The van der Waals surface area contributed by atoms with Crippen molar-refractivity contribution < 1.29 is 23.5 Å². The van der Waals surface area contributed by atoms with Gasteiger partial charge in [-0.3, -0.25) is 14.4 Å². The fourth-order valence-electron chi connectivity index (χ4n) is 0.